The van der Waals surface area contributed by atoms with Crippen LogP contribution in [0.3, 0.4) is 0 Å². The van der Waals surface area contributed by atoms with Crippen LogP contribution in [-0.2, 0) is 0 Å². The Balaban J connectivity index is 1.62. The van der Waals surface area contributed by atoms with E-state index >= 15 is 0 Å². The molecule has 0 saturated heterocycles. The van der Waals surface area contributed by atoms with Gasteiger partial charge in [-0.2, -0.15) is 0 Å². The zero-order chi connectivity index (χ0) is 13.2. The average Bonchev–Trinajstić information content (AvgIpc) is 3.02. The molecule has 2 aliphatic rings. The second-order valence-corrected chi connectivity index (χ2v) is 6.04. The van der Waals surface area contributed by atoms with Crippen LogP contribution in [0.2, 0.25) is 0 Å². The summed E-state index contributed by atoms with van der Waals surface area (Å²) in [7, 11) is 0. The number of nitrogens with one attached hydrogen (secondary N) is 2. The van der Waals surface area contributed by atoms with Crippen LogP contribution in [0.25, 0.3) is 0 Å². The molecule has 3 rings (SSSR count). The molecule has 3 atom stereocenters. The van der Waals surface area contributed by atoms with E-state index in [1.807, 2.05) is 0 Å². The van der Waals surface area contributed by atoms with Gasteiger partial charge >= 0.3 is 0 Å². The molecule has 0 aromatic carbocycles. The zero-order valence-corrected chi connectivity index (χ0v) is 11.9. The molecule has 2 aliphatic carbocycles. The molecule has 2 bridgehead atoms. The normalized spacial score (nSPS) is 28.6. The van der Waals surface area contributed by atoms with Crippen molar-refractivity contribution in [3.8, 4) is 0 Å². The van der Waals surface area contributed by atoms with Gasteiger partial charge in [0.25, 0.3) is 0 Å². The van der Waals surface area contributed by atoms with Gasteiger partial charge in [-0.15, -0.1) is 0 Å². The molecule has 4 nitrogen and oxygen atoms in total. The third-order valence-electron chi connectivity index (χ3n) is 4.84. The van der Waals surface area contributed by atoms with E-state index in [9.17, 15) is 0 Å². The Morgan fingerprint density at radius 1 is 1.16 bits per heavy atom. The van der Waals surface area contributed by atoms with Gasteiger partial charge in [0.1, 0.15) is 18.0 Å². The molecular weight excluding hydrogens is 236 g/mol. The molecule has 2 fully saturated rings. The van der Waals surface area contributed by atoms with Crippen molar-refractivity contribution in [2.45, 2.75) is 39.5 Å². The predicted molar refractivity (Wildman–Crippen MR) is 78.4 cm³/mol. The van der Waals surface area contributed by atoms with Crippen molar-refractivity contribution in [3.05, 3.63) is 11.9 Å². The SMILES string of the molecule is CCNc1ncnc(NCC2CC3CCC2C3)c1C. The van der Waals surface area contributed by atoms with Crippen molar-refractivity contribution in [1.29, 1.82) is 0 Å². The molecule has 2 N–H and O–H groups in total. The van der Waals surface area contributed by atoms with E-state index in [1.54, 1.807) is 6.33 Å². The Hall–Kier alpha value is -1.32. The molecule has 0 amide bonds. The summed E-state index contributed by atoms with van der Waals surface area (Å²) in [6, 6.07) is 0. The van der Waals surface area contributed by atoms with Crippen LogP contribution in [0.5, 0.6) is 0 Å². The lowest BCUT2D eigenvalue weighted by atomic mass is 9.89. The fourth-order valence-corrected chi connectivity index (χ4v) is 3.83. The van der Waals surface area contributed by atoms with Crippen molar-refractivity contribution in [3.63, 3.8) is 0 Å². The fourth-order valence-electron chi connectivity index (χ4n) is 3.83. The zero-order valence-electron chi connectivity index (χ0n) is 11.9. The van der Waals surface area contributed by atoms with Crippen molar-refractivity contribution >= 4 is 11.6 Å². The monoisotopic (exact) mass is 260 g/mol. The number of aromatic nitrogens is 2. The highest BCUT2D eigenvalue weighted by atomic mass is 15.1. The summed E-state index contributed by atoms with van der Waals surface area (Å²) in [5.41, 5.74) is 1.13. The highest BCUT2D eigenvalue weighted by Gasteiger charge is 2.39. The molecule has 19 heavy (non-hydrogen) atoms. The topological polar surface area (TPSA) is 49.8 Å². The first-order valence-corrected chi connectivity index (χ1v) is 7.57. The molecule has 3 unspecified atom stereocenters. The van der Waals surface area contributed by atoms with Gasteiger partial charge in [0.05, 0.1) is 0 Å². The maximum atomic E-state index is 4.38. The maximum Gasteiger partial charge on any atom is 0.134 e. The maximum absolute atomic E-state index is 4.38. The quantitative estimate of drug-likeness (QED) is 0.854. The van der Waals surface area contributed by atoms with Crippen molar-refractivity contribution in [2.24, 2.45) is 17.8 Å². The van der Waals surface area contributed by atoms with E-state index in [-0.39, 0.29) is 0 Å². The van der Waals surface area contributed by atoms with E-state index in [2.05, 4.69) is 34.4 Å². The summed E-state index contributed by atoms with van der Waals surface area (Å²) in [5, 5.41) is 6.83. The molecule has 1 aromatic heterocycles. The van der Waals surface area contributed by atoms with E-state index in [4.69, 9.17) is 0 Å². The van der Waals surface area contributed by atoms with Gasteiger partial charge in [-0.3, -0.25) is 0 Å². The van der Waals surface area contributed by atoms with Gasteiger partial charge in [0.2, 0.25) is 0 Å². The lowest BCUT2D eigenvalue weighted by Gasteiger charge is -2.22. The van der Waals surface area contributed by atoms with Gasteiger partial charge in [-0.05, 0) is 50.9 Å². The Morgan fingerprint density at radius 3 is 2.58 bits per heavy atom. The fraction of sp³-hybridized carbons (Fsp3) is 0.733. The van der Waals surface area contributed by atoms with E-state index < -0.39 is 0 Å². The molecule has 0 spiro atoms. The summed E-state index contributed by atoms with van der Waals surface area (Å²) in [5.74, 6) is 4.78. The summed E-state index contributed by atoms with van der Waals surface area (Å²) >= 11 is 0. The van der Waals surface area contributed by atoms with E-state index in [0.29, 0.717) is 0 Å². The number of anilines is 2. The van der Waals surface area contributed by atoms with Crippen LogP contribution in [0.15, 0.2) is 6.33 Å². The molecule has 1 aromatic rings. The number of nitrogens with zero attached hydrogens (tertiary/aromatic N) is 2. The first-order valence-electron chi connectivity index (χ1n) is 7.57. The van der Waals surface area contributed by atoms with Crippen LogP contribution in [0, 0.1) is 24.7 Å². The average molecular weight is 260 g/mol. The number of fused-ring (bicyclic) bond motifs is 2. The van der Waals surface area contributed by atoms with Crippen molar-refractivity contribution in [2.75, 3.05) is 23.7 Å². The summed E-state index contributed by atoms with van der Waals surface area (Å²) < 4.78 is 0. The molecule has 2 saturated carbocycles. The first-order chi connectivity index (χ1) is 9.28. The smallest absolute Gasteiger partial charge is 0.134 e. The lowest BCUT2D eigenvalue weighted by Crippen LogP contribution is -2.21. The number of hydrogen-bond donors (Lipinski definition) is 2. The van der Waals surface area contributed by atoms with Crippen molar-refractivity contribution < 1.29 is 0 Å². The first kappa shape index (κ1) is 12.7. The predicted octanol–water partition coefficient (Wildman–Crippen LogP) is 3.06. The second kappa shape index (κ2) is 5.35. The minimum atomic E-state index is 0.857. The number of rotatable bonds is 5. The third-order valence-corrected chi connectivity index (χ3v) is 4.84. The standard InChI is InChI=1S/C15H24N4/c1-3-16-14-10(2)15(19-9-18-14)17-8-13-7-11-4-5-12(13)6-11/h9,11-13H,3-8H2,1-2H3,(H2,16,17,18,19). The second-order valence-electron chi connectivity index (χ2n) is 6.04. The van der Waals surface area contributed by atoms with Crippen LogP contribution >= 0.6 is 0 Å². The van der Waals surface area contributed by atoms with Crippen LogP contribution in [-0.4, -0.2) is 23.1 Å². The minimum Gasteiger partial charge on any atom is -0.370 e. The van der Waals surface area contributed by atoms with Gasteiger partial charge in [0.15, 0.2) is 0 Å². The third kappa shape index (κ3) is 2.53. The van der Waals surface area contributed by atoms with Crippen molar-refractivity contribution in [1.82, 2.24) is 9.97 Å². The van der Waals surface area contributed by atoms with E-state index in [0.717, 1.165) is 48.0 Å². The Bertz CT molecular complexity index is 446. The highest BCUT2D eigenvalue weighted by molar-refractivity contribution is 5.56. The van der Waals surface area contributed by atoms with Gasteiger partial charge in [-0.1, -0.05) is 6.42 Å². The lowest BCUT2D eigenvalue weighted by molar-refractivity contribution is 0.348. The minimum absolute atomic E-state index is 0.857. The molecule has 4 heteroatoms. The molecule has 0 radical (unpaired) electrons. The molecule has 1 heterocycles. The molecular formula is C15H24N4. The largest absolute Gasteiger partial charge is 0.370 e. The van der Waals surface area contributed by atoms with Gasteiger partial charge in [-0.25, -0.2) is 9.97 Å². The summed E-state index contributed by atoms with van der Waals surface area (Å²) in [6.07, 6.45) is 7.45. The molecule has 104 valence electrons. The Kier molecular flexibility index (Phi) is 3.58. The van der Waals surface area contributed by atoms with Crippen LogP contribution < -0.4 is 10.6 Å². The van der Waals surface area contributed by atoms with E-state index in [1.165, 1.54) is 25.7 Å². The summed E-state index contributed by atoms with van der Waals surface area (Å²) in [4.78, 5) is 8.67. The summed E-state index contributed by atoms with van der Waals surface area (Å²) in [6.45, 7) is 6.14. The Morgan fingerprint density at radius 2 is 1.95 bits per heavy atom. The van der Waals surface area contributed by atoms with Crippen LogP contribution in [0.1, 0.15) is 38.2 Å². The Labute approximate surface area is 115 Å². The van der Waals surface area contributed by atoms with Gasteiger partial charge in [0, 0.05) is 18.7 Å². The highest BCUT2D eigenvalue weighted by Crippen LogP contribution is 2.48. The van der Waals surface area contributed by atoms with Crippen LogP contribution in [0.4, 0.5) is 11.6 Å². The van der Waals surface area contributed by atoms with Gasteiger partial charge < -0.3 is 10.6 Å². The molecule has 0 aliphatic heterocycles. The number of hydrogen-bond acceptors (Lipinski definition) is 4.